The van der Waals surface area contributed by atoms with E-state index in [9.17, 15) is 4.79 Å². The molecule has 0 aromatic heterocycles. The van der Waals surface area contributed by atoms with E-state index in [2.05, 4.69) is 5.32 Å². The van der Waals surface area contributed by atoms with Gasteiger partial charge < -0.3 is 20.5 Å². The van der Waals surface area contributed by atoms with Crippen LogP contribution in [0.4, 0.5) is 5.69 Å². The molecule has 0 unspecified atom stereocenters. The van der Waals surface area contributed by atoms with Crippen LogP contribution in [0, 0.1) is 5.41 Å². The van der Waals surface area contributed by atoms with E-state index >= 15 is 0 Å². The minimum Gasteiger partial charge on any atom is -0.493 e. The minimum absolute atomic E-state index is 0. The molecule has 1 aromatic rings. The summed E-state index contributed by atoms with van der Waals surface area (Å²) in [5, 5.41) is 2.94. The first-order chi connectivity index (χ1) is 10.6. The predicted molar refractivity (Wildman–Crippen MR) is 94.6 cm³/mol. The summed E-state index contributed by atoms with van der Waals surface area (Å²) >= 11 is 0. The third-order valence-corrected chi connectivity index (χ3v) is 4.55. The number of nitrogens with two attached hydrogens (primary N) is 1. The van der Waals surface area contributed by atoms with Crippen molar-refractivity contribution in [2.24, 2.45) is 11.1 Å². The Morgan fingerprint density at radius 1 is 1.17 bits per heavy atom. The zero-order chi connectivity index (χ0) is 16.0. The largest absolute Gasteiger partial charge is 0.493 e. The molecule has 0 radical (unpaired) electrons. The predicted octanol–water partition coefficient (Wildman–Crippen LogP) is 3.36. The Hall–Kier alpha value is -1.46. The number of hydrogen-bond acceptors (Lipinski definition) is 4. The maximum absolute atomic E-state index is 12.4. The van der Waals surface area contributed by atoms with Crippen LogP contribution in [0.3, 0.4) is 0 Å². The Morgan fingerprint density at radius 2 is 1.83 bits per heavy atom. The van der Waals surface area contributed by atoms with Gasteiger partial charge in [0.2, 0.25) is 5.91 Å². The highest BCUT2D eigenvalue weighted by molar-refractivity contribution is 5.91. The summed E-state index contributed by atoms with van der Waals surface area (Å²) in [5.41, 5.74) is 6.63. The lowest BCUT2D eigenvalue weighted by atomic mass is 9.71. The second kappa shape index (κ2) is 8.99. The SMILES string of the molecule is COc1ccc(NC(=O)CC2(CN)CCCCC2)cc1OC.Cl. The Labute approximate surface area is 144 Å². The van der Waals surface area contributed by atoms with Crippen LogP contribution in [0.1, 0.15) is 38.5 Å². The number of anilines is 1. The number of methoxy groups -OCH3 is 2. The molecule has 0 saturated heterocycles. The summed E-state index contributed by atoms with van der Waals surface area (Å²) < 4.78 is 10.4. The third-order valence-electron chi connectivity index (χ3n) is 4.55. The van der Waals surface area contributed by atoms with E-state index in [0.29, 0.717) is 30.2 Å². The number of rotatable bonds is 6. The van der Waals surface area contributed by atoms with E-state index in [1.165, 1.54) is 19.3 Å². The number of hydrogen-bond donors (Lipinski definition) is 2. The van der Waals surface area contributed by atoms with Gasteiger partial charge in [0, 0.05) is 18.2 Å². The highest BCUT2D eigenvalue weighted by atomic mass is 35.5. The summed E-state index contributed by atoms with van der Waals surface area (Å²) in [6, 6.07) is 5.37. The van der Waals surface area contributed by atoms with Gasteiger partial charge in [-0.2, -0.15) is 0 Å². The Balaban J connectivity index is 0.00000264. The van der Waals surface area contributed by atoms with Gasteiger partial charge in [0.25, 0.3) is 0 Å². The lowest BCUT2D eigenvalue weighted by molar-refractivity contribution is -0.118. The standard InChI is InChI=1S/C17H26N2O3.ClH/c1-21-14-7-6-13(10-15(14)22-2)19-16(20)11-17(12-18)8-4-3-5-9-17;/h6-7,10H,3-5,8-9,11-12,18H2,1-2H3,(H,19,20);1H. The third kappa shape index (κ3) is 5.01. The Morgan fingerprint density at radius 3 is 2.39 bits per heavy atom. The van der Waals surface area contributed by atoms with Crippen molar-refractivity contribution >= 4 is 24.0 Å². The van der Waals surface area contributed by atoms with Crippen molar-refractivity contribution in [3.63, 3.8) is 0 Å². The molecule has 2 rings (SSSR count). The molecule has 1 aromatic carbocycles. The number of benzene rings is 1. The van der Waals surface area contributed by atoms with E-state index in [1.54, 1.807) is 26.4 Å². The van der Waals surface area contributed by atoms with Gasteiger partial charge in [-0.15, -0.1) is 12.4 Å². The van der Waals surface area contributed by atoms with Crippen LogP contribution in [-0.2, 0) is 4.79 Å². The molecule has 1 saturated carbocycles. The number of ether oxygens (including phenoxy) is 2. The Kier molecular flexibility index (Phi) is 7.65. The van der Waals surface area contributed by atoms with Crippen molar-refractivity contribution in [1.29, 1.82) is 0 Å². The highest BCUT2D eigenvalue weighted by Gasteiger charge is 2.32. The first-order valence-corrected chi connectivity index (χ1v) is 7.84. The number of halogens is 1. The van der Waals surface area contributed by atoms with Crippen molar-refractivity contribution in [3.05, 3.63) is 18.2 Å². The van der Waals surface area contributed by atoms with E-state index in [0.717, 1.165) is 12.8 Å². The summed E-state index contributed by atoms with van der Waals surface area (Å²) in [4.78, 5) is 12.4. The molecule has 0 spiro atoms. The maximum Gasteiger partial charge on any atom is 0.224 e. The van der Waals surface area contributed by atoms with Crippen LogP contribution in [0.25, 0.3) is 0 Å². The molecule has 6 heteroatoms. The van der Waals surface area contributed by atoms with Gasteiger partial charge >= 0.3 is 0 Å². The van der Waals surface area contributed by atoms with Crippen molar-refractivity contribution in [2.45, 2.75) is 38.5 Å². The fourth-order valence-corrected chi connectivity index (χ4v) is 3.21. The average Bonchev–Trinajstić information content (AvgIpc) is 2.55. The number of amides is 1. The molecule has 1 fully saturated rings. The molecule has 23 heavy (non-hydrogen) atoms. The molecule has 0 atom stereocenters. The van der Waals surface area contributed by atoms with Gasteiger partial charge in [0.05, 0.1) is 14.2 Å². The van der Waals surface area contributed by atoms with Gasteiger partial charge in [-0.25, -0.2) is 0 Å². The molecule has 1 amide bonds. The van der Waals surface area contributed by atoms with E-state index in [-0.39, 0.29) is 23.7 Å². The van der Waals surface area contributed by atoms with Crippen molar-refractivity contribution in [2.75, 3.05) is 26.1 Å². The van der Waals surface area contributed by atoms with Crippen LogP contribution in [0.5, 0.6) is 11.5 Å². The summed E-state index contributed by atoms with van der Waals surface area (Å²) in [6.07, 6.45) is 6.16. The lowest BCUT2D eigenvalue weighted by Gasteiger charge is -2.35. The van der Waals surface area contributed by atoms with Crippen molar-refractivity contribution in [3.8, 4) is 11.5 Å². The second-order valence-electron chi connectivity index (χ2n) is 6.06. The van der Waals surface area contributed by atoms with Gasteiger partial charge in [-0.05, 0) is 36.9 Å². The van der Waals surface area contributed by atoms with Crippen LogP contribution in [0.15, 0.2) is 18.2 Å². The van der Waals surface area contributed by atoms with Gasteiger partial charge in [-0.1, -0.05) is 19.3 Å². The van der Waals surface area contributed by atoms with Crippen LogP contribution in [0.2, 0.25) is 0 Å². The molecule has 1 aliphatic rings. The van der Waals surface area contributed by atoms with Gasteiger partial charge in [0.1, 0.15) is 0 Å². The molecule has 3 N–H and O–H groups in total. The van der Waals surface area contributed by atoms with E-state index in [4.69, 9.17) is 15.2 Å². The topological polar surface area (TPSA) is 73.6 Å². The Bertz CT molecular complexity index is 517. The fourth-order valence-electron chi connectivity index (χ4n) is 3.21. The van der Waals surface area contributed by atoms with Crippen LogP contribution < -0.4 is 20.5 Å². The molecule has 0 bridgehead atoms. The number of nitrogens with one attached hydrogen (secondary N) is 1. The van der Waals surface area contributed by atoms with Crippen molar-refractivity contribution < 1.29 is 14.3 Å². The zero-order valence-corrected chi connectivity index (χ0v) is 14.7. The minimum atomic E-state index is -0.0289. The lowest BCUT2D eigenvalue weighted by Crippen LogP contribution is -2.36. The first kappa shape index (κ1) is 19.6. The fraction of sp³-hybridized carbons (Fsp3) is 0.588. The van der Waals surface area contributed by atoms with Crippen LogP contribution in [-0.4, -0.2) is 26.7 Å². The monoisotopic (exact) mass is 342 g/mol. The van der Waals surface area contributed by atoms with E-state index in [1.807, 2.05) is 6.07 Å². The second-order valence-corrected chi connectivity index (χ2v) is 6.06. The number of carbonyl (C=O) groups is 1. The van der Waals surface area contributed by atoms with Gasteiger partial charge in [-0.3, -0.25) is 4.79 Å². The number of carbonyl (C=O) groups excluding carboxylic acids is 1. The molecule has 0 aliphatic heterocycles. The smallest absolute Gasteiger partial charge is 0.224 e. The van der Waals surface area contributed by atoms with Crippen LogP contribution >= 0.6 is 12.4 Å². The molecule has 0 heterocycles. The summed E-state index contributed by atoms with van der Waals surface area (Å²) in [6.45, 7) is 0.576. The highest BCUT2D eigenvalue weighted by Crippen LogP contribution is 2.38. The summed E-state index contributed by atoms with van der Waals surface area (Å²) in [7, 11) is 3.17. The zero-order valence-electron chi connectivity index (χ0n) is 13.9. The van der Waals surface area contributed by atoms with Gasteiger partial charge in [0.15, 0.2) is 11.5 Å². The molecular weight excluding hydrogens is 316 g/mol. The molecule has 1 aliphatic carbocycles. The molecule has 5 nitrogen and oxygen atoms in total. The first-order valence-electron chi connectivity index (χ1n) is 7.84. The normalized spacial score (nSPS) is 16.1. The molecule has 130 valence electrons. The maximum atomic E-state index is 12.4. The molecular formula is C17H27ClN2O3. The van der Waals surface area contributed by atoms with E-state index < -0.39 is 0 Å². The average molecular weight is 343 g/mol. The van der Waals surface area contributed by atoms with Crippen molar-refractivity contribution in [1.82, 2.24) is 0 Å². The summed E-state index contributed by atoms with van der Waals surface area (Å²) in [5.74, 6) is 1.26. The quantitative estimate of drug-likeness (QED) is 0.831.